The van der Waals surface area contributed by atoms with Crippen LogP contribution in [0.4, 0.5) is 10.7 Å². The predicted molar refractivity (Wildman–Crippen MR) is 125 cm³/mol. The number of thiophene rings is 1. The van der Waals surface area contributed by atoms with E-state index in [9.17, 15) is 10.1 Å². The zero-order valence-corrected chi connectivity index (χ0v) is 19.0. The first-order valence-electron chi connectivity index (χ1n) is 11.1. The van der Waals surface area contributed by atoms with Crippen LogP contribution in [-0.2, 0) is 17.6 Å². The second-order valence-corrected chi connectivity index (χ2v) is 9.35. The Morgan fingerprint density at radius 1 is 1.10 bits per heavy atom. The Kier molecular flexibility index (Phi) is 7.10. The quantitative estimate of drug-likeness (QED) is 0.763. The van der Waals surface area contributed by atoms with E-state index in [4.69, 9.17) is 4.74 Å². The predicted octanol–water partition coefficient (Wildman–Crippen LogP) is 4.05. The van der Waals surface area contributed by atoms with Gasteiger partial charge in [-0.15, -0.1) is 11.3 Å². The summed E-state index contributed by atoms with van der Waals surface area (Å²) in [6.45, 7) is 3.81. The number of carbonyl (C=O) groups excluding carboxylic acids is 1. The number of fused-ring (bicyclic) bond motifs is 1. The first-order chi connectivity index (χ1) is 15.2. The molecule has 0 saturated carbocycles. The first kappa shape index (κ1) is 21.7. The van der Waals surface area contributed by atoms with Crippen molar-refractivity contribution in [2.75, 3.05) is 50.1 Å². The average molecular weight is 439 g/mol. The van der Waals surface area contributed by atoms with Crippen LogP contribution in [-0.4, -0.2) is 50.6 Å². The molecule has 1 aromatic heterocycles. The molecule has 1 aromatic carbocycles. The number of anilines is 2. The molecule has 0 bridgehead atoms. The summed E-state index contributed by atoms with van der Waals surface area (Å²) in [7, 11) is 1.67. The third-order valence-corrected chi connectivity index (χ3v) is 7.42. The number of methoxy groups -OCH3 is 1. The topological polar surface area (TPSA) is 68.6 Å². The van der Waals surface area contributed by atoms with Gasteiger partial charge in [-0.2, -0.15) is 5.26 Å². The van der Waals surface area contributed by atoms with Gasteiger partial charge in [0.05, 0.1) is 19.2 Å². The van der Waals surface area contributed by atoms with Gasteiger partial charge in [-0.1, -0.05) is 12.8 Å². The lowest BCUT2D eigenvalue weighted by atomic mass is 9.97. The van der Waals surface area contributed by atoms with Gasteiger partial charge in [0.2, 0.25) is 5.91 Å². The number of nitriles is 1. The van der Waals surface area contributed by atoms with Crippen LogP contribution in [0.5, 0.6) is 5.75 Å². The van der Waals surface area contributed by atoms with Gasteiger partial charge in [0.25, 0.3) is 0 Å². The summed E-state index contributed by atoms with van der Waals surface area (Å²) in [5.74, 6) is 0.834. The van der Waals surface area contributed by atoms with Gasteiger partial charge in [-0.05, 0) is 55.5 Å². The van der Waals surface area contributed by atoms with Crippen molar-refractivity contribution in [3.05, 3.63) is 40.3 Å². The van der Waals surface area contributed by atoms with Crippen LogP contribution in [0.25, 0.3) is 0 Å². The van der Waals surface area contributed by atoms with Crippen molar-refractivity contribution in [1.82, 2.24) is 4.90 Å². The van der Waals surface area contributed by atoms with Crippen molar-refractivity contribution in [3.8, 4) is 11.8 Å². The molecule has 6 nitrogen and oxygen atoms in total. The summed E-state index contributed by atoms with van der Waals surface area (Å²) in [6.07, 6.45) is 6.76. The zero-order valence-electron chi connectivity index (χ0n) is 18.2. The number of ether oxygens (including phenoxy) is 1. The minimum absolute atomic E-state index is 0.0244. The molecule has 31 heavy (non-hydrogen) atoms. The molecule has 1 aliphatic heterocycles. The Morgan fingerprint density at radius 2 is 1.81 bits per heavy atom. The molecule has 2 aliphatic rings. The van der Waals surface area contributed by atoms with Crippen LogP contribution < -0.4 is 15.0 Å². The molecule has 2 aromatic rings. The van der Waals surface area contributed by atoms with E-state index in [0.29, 0.717) is 12.1 Å². The molecular weight excluding hydrogens is 408 g/mol. The molecule has 164 valence electrons. The molecule has 4 rings (SSSR count). The second kappa shape index (κ2) is 10.2. The average Bonchev–Trinajstić information content (AvgIpc) is 3.09. The van der Waals surface area contributed by atoms with E-state index in [1.807, 2.05) is 12.1 Å². The van der Waals surface area contributed by atoms with E-state index < -0.39 is 0 Å². The van der Waals surface area contributed by atoms with Crippen LogP contribution in [0, 0.1) is 11.3 Å². The van der Waals surface area contributed by atoms with Gasteiger partial charge in [-0.25, -0.2) is 0 Å². The van der Waals surface area contributed by atoms with E-state index in [0.717, 1.165) is 56.2 Å². The van der Waals surface area contributed by atoms with Gasteiger partial charge >= 0.3 is 0 Å². The van der Waals surface area contributed by atoms with Crippen molar-refractivity contribution in [3.63, 3.8) is 0 Å². The monoisotopic (exact) mass is 438 g/mol. The highest BCUT2D eigenvalue weighted by atomic mass is 32.1. The third kappa shape index (κ3) is 5.20. The first-order valence-corrected chi connectivity index (χ1v) is 12.0. The Balaban J connectivity index is 1.32. The van der Waals surface area contributed by atoms with Gasteiger partial charge in [0.15, 0.2) is 0 Å². The number of piperazine rings is 1. The molecule has 1 aliphatic carbocycles. The van der Waals surface area contributed by atoms with E-state index in [-0.39, 0.29) is 5.91 Å². The van der Waals surface area contributed by atoms with Gasteiger partial charge in [-0.3, -0.25) is 9.69 Å². The number of hydrogen-bond donors (Lipinski definition) is 1. The van der Waals surface area contributed by atoms with Crippen molar-refractivity contribution in [2.45, 2.75) is 38.5 Å². The number of nitrogens with one attached hydrogen (secondary N) is 1. The summed E-state index contributed by atoms with van der Waals surface area (Å²) in [5, 5.41) is 13.5. The maximum absolute atomic E-state index is 12.7. The molecule has 1 N–H and O–H groups in total. The zero-order chi connectivity index (χ0) is 21.6. The summed E-state index contributed by atoms with van der Waals surface area (Å²) < 4.78 is 5.23. The number of hydrogen-bond acceptors (Lipinski definition) is 6. The Labute approximate surface area is 188 Å². The van der Waals surface area contributed by atoms with Crippen LogP contribution in [0.1, 0.15) is 41.7 Å². The lowest BCUT2D eigenvalue weighted by Gasteiger charge is -2.35. The Morgan fingerprint density at radius 3 is 2.48 bits per heavy atom. The summed E-state index contributed by atoms with van der Waals surface area (Å²) in [5.41, 5.74) is 3.05. The fourth-order valence-corrected chi connectivity index (χ4v) is 5.71. The fraction of sp³-hybridized carbons (Fsp3) is 0.500. The molecule has 0 atom stereocenters. The SMILES string of the molecule is COc1ccc(N2CCN(CC(=O)Nc3sc4c(c3C#N)CCCCCC4)CC2)cc1. The molecule has 0 unspecified atom stereocenters. The lowest BCUT2D eigenvalue weighted by molar-refractivity contribution is -0.117. The van der Waals surface area contributed by atoms with Crippen molar-refractivity contribution >= 4 is 27.9 Å². The van der Waals surface area contributed by atoms with Crippen molar-refractivity contribution < 1.29 is 9.53 Å². The summed E-state index contributed by atoms with van der Waals surface area (Å²) in [4.78, 5) is 18.5. The minimum atomic E-state index is -0.0244. The molecule has 7 heteroatoms. The Bertz CT molecular complexity index is 940. The Hall–Kier alpha value is -2.56. The molecule has 0 radical (unpaired) electrons. The molecule has 1 saturated heterocycles. The number of nitrogens with zero attached hydrogens (tertiary/aromatic N) is 3. The lowest BCUT2D eigenvalue weighted by Crippen LogP contribution is -2.48. The molecule has 1 amide bonds. The number of benzene rings is 1. The second-order valence-electron chi connectivity index (χ2n) is 8.24. The number of carbonyl (C=O) groups is 1. The minimum Gasteiger partial charge on any atom is -0.497 e. The van der Waals surface area contributed by atoms with Crippen LogP contribution in [0.15, 0.2) is 24.3 Å². The maximum atomic E-state index is 12.7. The molecule has 0 spiro atoms. The number of aryl methyl sites for hydroxylation is 1. The number of amides is 1. The molecule has 2 heterocycles. The summed E-state index contributed by atoms with van der Waals surface area (Å²) in [6, 6.07) is 10.5. The highest BCUT2D eigenvalue weighted by molar-refractivity contribution is 7.16. The van der Waals surface area contributed by atoms with Crippen LogP contribution in [0.3, 0.4) is 0 Å². The summed E-state index contributed by atoms with van der Waals surface area (Å²) >= 11 is 1.61. The largest absolute Gasteiger partial charge is 0.497 e. The van der Waals surface area contributed by atoms with Crippen LogP contribution in [0.2, 0.25) is 0 Å². The van der Waals surface area contributed by atoms with Crippen molar-refractivity contribution in [1.29, 1.82) is 5.26 Å². The highest BCUT2D eigenvalue weighted by Crippen LogP contribution is 2.36. The normalized spacial score (nSPS) is 17.2. The maximum Gasteiger partial charge on any atom is 0.239 e. The van der Waals surface area contributed by atoms with E-state index >= 15 is 0 Å². The number of rotatable bonds is 5. The van der Waals surface area contributed by atoms with Gasteiger partial charge in [0.1, 0.15) is 16.8 Å². The van der Waals surface area contributed by atoms with E-state index in [2.05, 4.69) is 33.3 Å². The molecular formula is C24H30N4O2S. The van der Waals surface area contributed by atoms with E-state index in [1.165, 1.54) is 35.4 Å². The fourth-order valence-electron chi connectivity index (χ4n) is 4.45. The molecule has 1 fully saturated rings. The van der Waals surface area contributed by atoms with Crippen LogP contribution >= 0.6 is 11.3 Å². The third-order valence-electron chi connectivity index (χ3n) is 6.21. The van der Waals surface area contributed by atoms with Gasteiger partial charge in [0, 0.05) is 36.7 Å². The smallest absolute Gasteiger partial charge is 0.239 e. The van der Waals surface area contributed by atoms with E-state index in [1.54, 1.807) is 18.4 Å². The highest BCUT2D eigenvalue weighted by Gasteiger charge is 2.23. The van der Waals surface area contributed by atoms with Crippen molar-refractivity contribution in [2.24, 2.45) is 0 Å². The standard InChI is InChI=1S/C24H30N4O2S/c1-30-19-10-8-18(9-11-19)28-14-12-27(13-15-28)17-23(29)26-24-21(16-25)20-6-4-2-3-5-7-22(20)31-24/h8-11H,2-7,12-15,17H2,1H3,(H,26,29). The van der Waals surface area contributed by atoms with Gasteiger partial charge < -0.3 is 15.0 Å².